The van der Waals surface area contributed by atoms with Crippen molar-refractivity contribution in [3.05, 3.63) is 47.3 Å². The van der Waals surface area contributed by atoms with Gasteiger partial charge in [0.15, 0.2) is 0 Å². The van der Waals surface area contributed by atoms with Crippen molar-refractivity contribution in [1.29, 1.82) is 0 Å². The van der Waals surface area contributed by atoms with Crippen LogP contribution >= 0.6 is 12.4 Å². The molecule has 1 aromatic heterocycles. The second-order valence-corrected chi connectivity index (χ2v) is 7.83. The molecule has 0 saturated heterocycles. The van der Waals surface area contributed by atoms with Crippen molar-refractivity contribution in [2.75, 3.05) is 0 Å². The van der Waals surface area contributed by atoms with Crippen LogP contribution in [0, 0.1) is 0 Å². The van der Waals surface area contributed by atoms with E-state index >= 15 is 0 Å². The largest absolute Gasteiger partial charge is 0.351 e. The van der Waals surface area contributed by atoms with E-state index in [9.17, 15) is 13.2 Å². The topological polar surface area (TPSA) is 105 Å². The minimum atomic E-state index is -3.78. The minimum absolute atomic E-state index is 0. The van der Waals surface area contributed by atoms with Gasteiger partial charge in [0.2, 0.25) is 15.9 Å². The van der Waals surface area contributed by atoms with E-state index in [0.29, 0.717) is 6.54 Å². The molecule has 142 valence electrons. The van der Waals surface area contributed by atoms with Gasteiger partial charge in [0.25, 0.3) is 0 Å². The van der Waals surface area contributed by atoms with E-state index in [0.717, 1.165) is 18.7 Å². The normalized spacial score (nSPS) is 14.4. The molecule has 1 aromatic carbocycles. The number of nitrogens with zero attached hydrogens (tertiary/aromatic N) is 2. The number of halogens is 1. The van der Waals surface area contributed by atoms with E-state index in [1.807, 2.05) is 12.1 Å². The molecule has 26 heavy (non-hydrogen) atoms. The third-order valence-electron chi connectivity index (χ3n) is 4.09. The van der Waals surface area contributed by atoms with E-state index in [2.05, 4.69) is 26.5 Å². The second-order valence-electron chi connectivity index (χ2n) is 6.12. The van der Waals surface area contributed by atoms with Crippen LogP contribution in [-0.2, 0) is 41.5 Å². The lowest BCUT2D eigenvalue weighted by Crippen LogP contribution is -2.44. The summed E-state index contributed by atoms with van der Waals surface area (Å²) in [5.74, 6) is -0.383. The maximum atomic E-state index is 12.2. The molecular weight excluding hydrogens is 378 g/mol. The van der Waals surface area contributed by atoms with Gasteiger partial charge in [0, 0.05) is 32.9 Å². The molecule has 0 fully saturated rings. The van der Waals surface area contributed by atoms with Gasteiger partial charge in [0.1, 0.15) is 4.90 Å². The van der Waals surface area contributed by atoms with Crippen LogP contribution in [-0.4, -0.2) is 30.1 Å². The lowest BCUT2D eigenvalue weighted by atomic mass is 10.1. The van der Waals surface area contributed by atoms with E-state index in [-0.39, 0.29) is 23.2 Å². The average Bonchev–Trinajstić information content (AvgIpc) is 3.20. The molecule has 2 aromatic rings. The molecule has 1 amide bonds. The summed E-state index contributed by atoms with van der Waals surface area (Å²) in [7, 11) is -2.15. The molecule has 2 heterocycles. The van der Waals surface area contributed by atoms with E-state index < -0.39 is 16.1 Å². The highest BCUT2D eigenvalue weighted by atomic mass is 35.5. The van der Waals surface area contributed by atoms with Gasteiger partial charge in [-0.05, 0) is 23.6 Å². The van der Waals surface area contributed by atoms with Crippen molar-refractivity contribution < 1.29 is 13.2 Å². The summed E-state index contributed by atoms with van der Waals surface area (Å²) >= 11 is 0. The number of sulfonamides is 1. The van der Waals surface area contributed by atoms with Gasteiger partial charge in [-0.25, -0.2) is 8.42 Å². The Morgan fingerprint density at radius 2 is 2.08 bits per heavy atom. The van der Waals surface area contributed by atoms with Crippen LogP contribution < -0.4 is 15.4 Å². The SMILES string of the molecule is CC(NS(=O)(=O)c1cnn(C)c1)C(=O)NCc1ccc2c(c1)CNC2.Cl. The summed E-state index contributed by atoms with van der Waals surface area (Å²) in [6, 6.07) is 5.18. The molecule has 1 aliphatic heterocycles. The molecule has 3 N–H and O–H groups in total. The Hall–Kier alpha value is -1.94. The fourth-order valence-electron chi connectivity index (χ4n) is 2.69. The number of amides is 1. The predicted octanol–water partition coefficient (Wildman–Crippen LogP) is 0.428. The number of rotatable bonds is 6. The first-order valence-corrected chi connectivity index (χ1v) is 9.43. The minimum Gasteiger partial charge on any atom is -0.351 e. The monoisotopic (exact) mass is 399 g/mol. The number of fused-ring (bicyclic) bond motifs is 1. The predicted molar refractivity (Wildman–Crippen MR) is 99.1 cm³/mol. The standard InChI is InChI=1S/C16H21N5O3S.ClH/c1-11(20-25(23,24)15-9-19-21(2)10-15)16(22)18-6-12-3-4-13-7-17-8-14(13)5-12;/h3-5,9-11,17,20H,6-8H2,1-2H3,(H,18,22);1H. The zero-order valence-corrected chi connectivity index (χ0v) is 16.2. The molecule has 0 bridgehead atoms. The van der Waals surface area contributed by atoms with Crippen molar-refractivity contribution in [1.82, 2.24) is 25.1 Å². The van der Waals surface area contributed by atoms with Gasteiger partial charge >= 0.3 is 0 Å². The van der Waals surface area contributed by atoms with Crippen LogP contribution in [0.3, 0.4) is 0 Å². The average molecular weight is 400 g/mol. The van der Waals surface area contributed by atoms with Gasteiger partial charge in [-0.15, -0.1) is 12.4 Å². The number of benzene rings is 1. The van der Waals surface area contributed by atoms with Crippen LogP contribution in [0.25, 0.3) is 0 Å². The summed E-state index contributed by atoms with van der Waals surface area (Å²) in [6.45, 7) is 3.56. The van der Waals surface area contributed by atoms with Gasteiger partial charge in [-0.2, -0.15) is 9.82 Å². The zero-order valence-electron chi connectivity index (χ0n) is 14.5. The van der Waals surface area contributed by atoms with Crippen molar-refractivity contribution >= 4 is 28.3 Å². The molecule has 1 atom stereocenters. The van der Waals surface area contributed by atoms with Crippen LogP contribution in [0.15, 0.2) is 35.5 Å². The Balaban J connectivity index is 0.00000243. The highest BCUT2D eigenvalue weighted by Gasteiger charge is 2.23. The van der Waals surface area contributed by atoms with Crippen LogP contribution in [0.1, 0.15) is 23.6 Å². The van der Waals surface area contributed by atoms with E-state index in [1.165, 1.54) is 35.1 Å². The van der Waals surface area contributed by atoms with Crippen molar-refractivity contribution in [2.45, 2.75) is 37.5 Å². The molecule has 0 aliphatic carbocycles. The zero-order chi connectivity index (χ0) is 18.0. The van der Waals surface area contributed by atoms with Gasteiger partial charge in [0.05, 0.1) is 12.2 Å². The number of aryl methyl sites for hydroxylation is 1. The molecule has 1 aliphatic rings. The van der Waals surface area contributed by atoms with Gasteiger partial charge in [-0.1, -0.05) is 18.2 Å². The summed E-state index contributed by atoms with van der Waals surface area (Å²) < 4.78 is 28.2. The number of hydrogen-bond donors (Lipinski definition) is 3. The lowest BCUT2D eigenvalue weighted by molar-refractivity contribution is -0.122. The second kappa shape index (κ2) is 8.17. The number of carbonyl (C=O) groups is 1. The van der Waals surface area contributed by atoms with Crippen LogP contribution in [0.2, 0.25) is 0 Å². The lowest BCUT2D eigenvalue weighted by Gasteiger charge is -2.14. The molecule has 0 spiro atoms. The molecular formula is C16H22ClN5O3S. The van der Waals surface area contributed by atoms with Crippen molar-refractivity contribution in [3.63, 3.8) is 0 Å². The third kappa shape index (κ3) is 4.61. The Kier molecular flexibility index (Phi) is 6.40. The fourth-order valence-corrected chi connectivity index (χ4v) is 3.88. The number of hydrogen-bond acceptors (Lipinski definition) is 5. The summed E-state index contributed by atoms with van der Waals surface area (Å²) in [6.07, 6.45) is 2.62. The molecule has 0 radical (unpaired) electrons. The van der Waals surface area contributed by atoms with E-state index in [4.69, 9.17) is 0 Å². The van der Waals surface area contributed by atoms with Gasteiger partial charge in [-0.3, -0.25) is 9.48 Å². The van der Waals surface area contributed by atoms with E-state index in [1.54, 1.807) is 7.05 Å². The summed E-state index contributed by atoms with van der Waals surface area (Å²) in [5.41, 5.74) is 3.49. The first kappa shape index (κ1) is 20.4. The molecule has 3 rings (SSSR count). The first-order valence-electron chi connectivity index (χ1n) is 7.95. The van der Waals surface area contributed by atoms with Crippen LogP contribution in [0.5, 0.6) is 0 Å². The molecule has 10 heteroatoms. The van der Waals surface area contributed by atoms with Crippen molar-refractivity contribution in [3.8, 4) is 0 Å². The van der Waals surface area contributed by atoms with Gasteiger partial charge < -0.3 is 10.6 Å². The Morgan fingerprint density at radius 3 is 2.77 bits per heavy atom. The Morgan fingerprint density at radius 1 is 1.35 bits per heavy atom. The number of carbonyl (C=O) groups excluding carboxylic acids is 1. The third-order valence-corrected chi connectivity index (χ3v) is 5.58. The summed E-state index contributed by atoms with van der Waals surface area (Å²) in [5, 5.41) is 9.86. The van der Waals surface area contributed by atoms with Crippen LogP contribution in [0.4, 0.5) is 0 Å². The fraction of sp³-hybridized carbons (Fsp3) is 0.375. The highest BCUT2D eigenvalue weighted by Crippen LogP contribution is 2.17. The first-order chi connectivity index (χ1) is 11.8. The number of nitrogens with one attached hydrogen (secondary N) is 3. The van der Waals surface area contributed by atoms with Crippen molar-refractivity contribution in [2.24, 2.45) is 7.05 Å². The molecule has 8 nitrogen and oxygen atoms in total. The smallest absolute Gasteiger partial charge is 0.244 e. The maximum Gasteiger partial charge on any atom is 0.244 e. The maximum absolute atomic E-state index is 12.2. The number of aromatic nitrogens is 2. The molecule has 0 saturated carbocycles. The quantitative estimate of drug-likeness (QED) is 0.653. The highest BCUT2D eigenvalue weighted by molar-refractivity contribution is 7.89. The Labute approximate surface area is 158 Å². The summed E-state index contributed by atoms with van der Waals surface area (Å²) in [4.78, 5) is 12.2. The molecule has 1 unspecified atom stereocenters. The Bertz CT molecular complexity index is 897.